The van der Waals surface area contributed by atoms with E-state index < -0.39 is 0 Å². The molecule has 2 aromatic heterocycles. The Morgan fingerprint density at radius 3 is 2.96 bits per heavy atom. The second-order valence-electron chi connectivity index (χ2n) is 7.29. The number of aromatic amines is 1. The SMILES string of the molecule is Cc1cnccc1-c1cn[nH]c1[C@@H]1CCCCN1C(=O)Cc1cccc(Cl)c1. The number of amides is 1. The van der Waals surface area contributed by atoms with Gasteiger partial charge in [0.1, 0.15) is 0 Å². The Morgan fingerprint density at radius 1 is 1.25 bits per heavy atom. The van der Waals surface area contributed by atoms with Crippen LogP contribution in [0.5, 0.6) is 0 Å². The van der Waals surface area contributed by atoms with Gasteiger partial charge in [0.05, 0.1) is 24.4 Å². The van der Waals surface area contributed by atoms with Crippen molar-refractivity contribution in [1.82, 2.24) is 20.1 Å². The lowest BCUT2D eigenvalue weighted by Gasteiger charge is -2.36. The van der Waals surface area contributed by atoms with E-state index in [1.165, 1.54) is 0 Å². The third kappa shape index (κ3) is 3.80. The van der Waals surface area contributed by atoms with Gasteiger partial charge in [-0.2, -0.15) is 5.10 Å². The first-order valence-electron chi connectivity index (χ1n) is 9.61. The smallest absolute Gasteiger partial charge is 0.227 e. The molecule has 1 aliphatic heterocycles. The van der Waals surface area contributed by atoms with Gasteiger partial charge in [0.2, 0.25) is 5.91 Å². The first kappa shape index (κ1) is 18.7. The average Bonchev–Trinajstić information content (AvgIpc) is 3.18. The van der Waals surface area contributed by atoms with Crippen molar-refractivity contribution in [2.24, 2.45) is 0 Å². The molecule has 3 heterocycles. The Balaban J connectivity index is 1.63. The third-order valence-electron chi connectivity index (χ3n) is 5.38. The number of H-pyrrole nitrogens is 1. The number of likely N-dealkylation sites (tertiary alicyclic amines) is 1. The first-order chi connectivity index (χ1) is 13.6. The maximum atomic E-state index is 13.1. The van der Waals surface area contributed by atoms with Crippen molar-refractivity contribution < 1.29 is 4.79 Å². The highest BCUT2D eigenvalue weighted by atomic mass is 35.5. The van der Waals surface area contributed by atoms with Crippen molar-refractivity contribution in [3.8, 4) is 11.1 Å². The van der Waals surface area contributed by atoms with Gasteiger partial charge in [0, 0.05) is 29.5 Å². The number of hydrogen-bond acceptors (Lipinski definition) is 3. The number of carbonyl (C=O) groups excluding carboxylic acids is 1. The molecule has 6 heteroatoms. The van der Waals surface area contributed by atoms with Crippen LogP contribution in [0.3, 0.4) is 0 Å². The van der Waals surface area contributed by atoms with Gasteiger partial charge in [0.15, 0.2) is 0 Å². The zero-order valence-corrected chi connectivity index (χ0v) is 16.6. The minimum atomic E-state index is 0.00509. The molecule has 5 nitrogen and oxygen atoms in total. The number of halogens is 1. The van der Waals surface area contributed by atoms with Crippen LogP contribution < -0.4 is 0 Å². The number of nitrogens with zero attached hydrogens (tertiary/aromatic N) is 3. The maximum absolute atomic E-state index is 13.1. The lowest BCUT2D eigenvalue weighted by molar-refractivity contribution is -0.134. The van der Waals surface area contributed by atoms with Crippen LogP contribution in [-0.2, 0) is 11.2 Å². The van der Waals surface area contributed by atoms with E-state index in [1.807, 2.05) is 54.5 Å². The fourth-order valence-corrected chi connectivity index (χ4v) is 4.21. The summed E-state index contributed by atoms with van der Waals surface area (Å²) in [4.78, 5) is 19.3. The van der Waals surface area contributed by atoms with Crippen molar-refractivity contribution in [2.75, 3.05) is 6.54 Å². The highest BCUT2D eigenvalue weighted by Gasteiger charge is 2.31. The number of aryl methyl sites for hydroxylation is 1. The van der Waals surface area contributed by atoms with E-state index in [4.69, 9.17) is 11.6 Å². The molecular formula is C22H23ClN4O. The molecule has 3 aromatic rings. The first-order valence-corrected chi connectivity index (χ1v) is 9.99. The fraction of sp³-hybridized carbons (Fsp3) is 0.318. The van der Waals surface area contributed by atoms with Crippen molar-refractivity contribution in [3.05, 3.63) is 70.8 Å². The van der Waals surface area contributed by atoms with Crippen LogP contribution in [0.25, 0.3) is 11.1 Å². The van der Waals surface area contributed by atoms with Gasteiger partial charge in [0.25, 0.3) is 0 Å². The van der Waals surface area contributed by atoms with Crippen molar-refractivity contribution >= 4 is 17.5 Å². The van der Waals surface area contributed by atoms with Crippen molar-refractivity contribution in [1.29, 1.82) is 0 Å². The molecule has 1 N–H and O–H groups in total. The summed E-state index contributed by atoms with van der Waals surface area (Å²) >= 11 is 6.08. The molecule has 144 valence electrons. The Bertz CT molecular complexity index is 984. The van der Waals surface area contributed by atoms with E-state index in [9.17, 15) is 4.79 Å². The number of piperidine rings is 1. The summed E-state index contributed by atoms with van der Waals surface area (Å²) in [6.45, 7) is 2.81. The van der Waals surface area contributed by atoms with E-state index >= 15 is 0 Å². The molecule has 0 radical (unpaired) electrons. The van der Waals surface area contributed by atoms with Crippen LogP contribution in [0.15, 0.2) is 48.9 Å². The highest BCUT2D eigenvalue weighted by Crippen LogP contribution is 2.36. The van der Waals surface area contributed by atoms with Crippen molar-refractivity contribution in [2.45, 2.75) is 38.6 Å². The van der Waals surface area contributed by atoms with E-state index in [0.717, 1.165) is 53.8 Å². The lowest BCUT2D eigenvalue weighted by Crippen LogP contribution is -2.39. The molecule has 1 amide bonds. The zero-order chi connectivity index (χ0) is 19.5. The predicted molar refractivity (Wildman–Crippen MR) is 110 cm³/mol. The Labute approximate surface area is 169 Å². The monoisotopic (exact) mass is 394 g/mol. The van der Waals surface area contributed by atoms with Crippen LogP contribution in [0.4, 0.5) is 0 Å². The molecule has 4 rings (SSSR count). The van der Waals surface area contributed by atoms with Crippen molar-refractivity contribution in [3.63, 3.8) is 0 Å². The van der Waals surface area contributed by atoms with Gasteiger partial charge in [-0.15, -0.1) is 0 Å². The topological polar surface area (TPSA) is 61.9 Å². The molecule has 1 aliphatic rings. The lowest BCUT2D eigenvalue weighted by atomic mass is 9.93. The fourth-order valence-electron chi connectivity index (χ4n) is 3.99. The second kappa shape index (κ2) is 8.15. The molecular weight excluding hydrogens is 372 g/mol. The Kier molecular flexibility index (Phi) is 5.44. The molecule has 0 aliphatic carbocycles. The average molecular weight is 395 g/mol. The summed E-state index contributed by atoms with van der Waals surface area (Å²) in [5, 5.41) is 8.13. The highest BCUT2D eigenvalue weighted by molar-refractivity contribution is 6.30. The molecule has 0 spiro atoms. The van der Waals surface area contributed by atoms with E-state index in [0.29, 0.717) is 11.4 Å². The summed E-state index contributed by atoms with van der Waals surface area (Å²) < 4.78 is 0. The summed E-state index contributed by atoms with van der Waals surface area (Å²) in [6.07, 6.45) is 8.91. The minimum absolute atomic E-state index is 0.00509. The molecule has 0 bridgehead atoms. The number of hydrogen-bond donors (Lipinski definition) is 1. The van der Waals surface area contributed by atoms with Gasteiger partial charge in [-0.3, -0.25) is 14.9 Å². The summed E-state index contributed by atoms with van der Waals surface area (Å²) in [6, 6.07) is 9.53. The van der Waals surface area contributed by atoms with Gasteiger partial charge >= 0.3 is 0 Å². The van der Waals surface area contributed by atoms with Gasteiger partial charge in [-0.25, -0.2) is 0 Å². The van der Waals surface area contributed by atoms with Crippen LogP contribution in [0.1, 0.15) is 42.1 Å². The number of rotatable bonds is 4. The number of aromatic nitrogens is 3. The van der Waals surface area contributed by atoms with Gasteiger partial charge < -0.3 is 4.90 Å². The molecule has 1 saturated heterocycles. The van der Waals surface area contributed by atoms with Crippen LogP contribution >= 0.6 is 11.6 Å². The van der Waals surface area contributed by atoms with E-state index in [1.54, 1.807) is 6.20 Å². The molecule has 1 atom stereocenters. The number of nitrogens with one attached hydrogen (secondary N) is 1. The van der Waals surface area contributed by atoms with Crippen LogP contribution in [-0.4, -0.2) is 32.5 Å². The van der Waals surface area contributed by atoms with Crippen LogP contribution in [0.2, 0.25) is 5.02 Å². The molecule has 0 saturated carbocycles. The Hall–Kier alpha value is -2.66. The number of pyridine rings is 1. The normalized spacial score (nSPS) is 16.9. The van der Waals surface area contributed by atoms with E-state index in [-0.39, 0.29) is 11.9 Å². The third-order valence-corrected chi connectivity index (χ3v) is 5.62. The largest absolute Gasteiger partial charge is 0.334 e. The maximum Gasteiger partial charge on any atom is 0.227 e. The molecule has 1 fully saturated rings. The summed E-state index contributed by atoms with van der Waals surface area (Å²) in [5.41, 5.74) is 5.20. The zero-order valence-electron chi connectivity index (χ0n) is 15.9. The quantitative estimate of drug-likeness (QED) is 0.695. The van der Waals surface area contributed by atoms with Gasteiger partial charge in [-0.1, -0.05) is 23.7 Å². The predicted octanol–water partition coefficient (Wildman–Crippen LogP) is 4.73. The summed E-state index contributed by atoms with van der Waals surface area (Å²) in [7, 11) is 0. The van der Waals surface area contributed by atoms with E-state index in [2.05, 4.69) is 15.2 Å². The second-order valence-corrected chi connectivity index (χ2v) is 7.73. The number of benzene rings is 1. The minimum Gasteiger partial charge on any atom is -0.334 e. The summed E-state index contributed by atoms with van der Waals surface area (Å²) in [5.74, 6) is 0.124. The standard InChI is InChI=1S/C22H23ClN4O/c1-15-13-24-9-8-18(15)19-14-25-26-22(19)20-7-2-3-10-27(20)21(28)12-16-5-4-6-17(23)11-16/h4-6,8-9,11,13-14,20H,2-3,7,10,12H2,1H3,(H,25,26)/t20-/m0/s1. The van der Waals surface area contributed by atoms with Gasteiger partial charge in [-0.05, 0) is 61.1 Å². The molecule has 28 heavy (non-hydrogen) atoms. The van der Waals surface area contributed by atoms with Crippen LogP contribution in [0, 0.1) is 6.92 Å². The molecule has 1 aromatic carbocycles. The molecule has 0 unspecified atom stereocenters. The Morgan fingerprint density at radius 2 is 2.14 bits per heavy atom. The number of carbonyl (C=O) groups is 1.